The molecule has 0 aliphatic rings. The molecule has 0 fully saturated rings. The average Bonchev–Trinajstić information content (AvgIpc) is 2.46. The largest absolute Gasteiger partial charge is 0.360 e. The fourth-order valence-electron chi connectivity index (χ4n) is 1.95. The Kier molecular flexibility index (Phi) is 5.09. The second-order valence-corrected chi connectivity index (χ2v) is 6.48. The molecule has 0 aliphatic heterocycles. The highest BCUT2D eigenvalue weighted by Crippen LogP contribution is 2.29. The van der Waals surface area contributed by atoms with Crippen molar-refractivity contribution in [2.24, 2.45) is 0 Å². The van der Waals surface area contributed by atoms with E-state index in [9.17, 15) is 4.79 Å². The molecule has 2 rings (SSSR count). The lowest BCUT2D eigenvalue weighted by atomic mass is 10.3. The van der Waals surface area contributed by atoms with Crippen LogP contribution in [0.5, 0.6) is 0 Å². The van der Waals surface area contributed by atoms with Crippen LogP contribution >= 0.6 is 8.07 Å². The lowest BCUT2D eigenvalue weighted by Gasteiger charge is -2.21. The number of benzene rings is 2. The lowest BCUT2D eigenvalue weighted by molar-refractivity contribution is -0.112. The summed E-state index contributed by atoms with van der Waals surface area (Å²) in [6.45, 7) is 3.50. The zero-order valence-corrected chi connectivity index (χ0v) is 12.6. The summed E-state index contributed by atoms with van der Waals surface area (Å²) < 4.78 is 0. The fourth-order valence-corrected chi connectivity index (χ4v) is 3.86. The Morgan fingerprint density at radius 1 is 0.900 bits per heavy atom. The minimum Gasteiger partial charge on any atom is -0.360 e. The maximum atomic E-state index is 11.2. The molecule has 0 unspecified atom stereocenters. The quantitative estimate of drug-likeness (QED) is 0.675. The molecule has 0 radical (unpaired) electrons. The third-order valence-electron chi connectivity index (χ3n) is 2.74. The molecule has 0 saturated carbocycles. The summed E-state index contributed by atoms with van der Waals surface area (Å²) in [6, 6.07) is 20.7. The van der Waals surface area contributed by atoms with E-state index in [2.05, 4.69) is 29.4 Å². The highest BCUT2D eigenvalue weighted by molar-refractivity contribution is 7.71. The number of carbonyl (C=O) groups is 1. The minimum absolute atomic E-state index is 0.0612. The van der Waals surface area contributed by atoms with Crippen molar-refractivity contribution in [1.29, 1.82) is 0 Å². The number of carbonyl (C=O) groups excluding carboxylic acids is 1. The van der Waals surface area contributed by atoms with Gasteiger partial charge >= 0.3 is 0 Å². The van der Waals surface area contributed by atoms with Crippen molar-refractivity contribution >= 4 is 24.5 Å². The van der Waals surface area contributed by atoms with E-state index < -0.39 is 8.07 Å². The molecule has 0 saturated heterocycles. The first-order valence-corrected chi connectivity index (χ1v) is 7.87. The Morgan fingerprint density at radius 2 is 1.35 bits per heavy atom. The molecule has 2 nitrogen and oxygen atoms in total. The van der Waals surface area contributed by atoms with E-state index in [4.69, 9.17) is 0 Å². The summed E-state index contributed by atoms with van der Waals surface area (Å²) in [4.78, 5) is 11.2. The Labute approximate surface area is 121 Å². The van der Waals surface area contributed by atoms with Gasteiger partial charge in [0.25, 0.3) is 0 Å². The van der Waals surface area contributed by atoms with Gasteiger partial charge in [0, 0.05) is 16.3 Å². The van der Waals surface area contributed by atoms with Gasteiger partial charge in [-0.2, -0.15) is 0 Å². The second kappa shape index (κ2) is 7.02. The molecule has 102 valence electrons. The van der Waals surface area contributed by atoms with Gasteiger partial charge in [0.2, 0.25) is 0 Å². The number of nitrogens with one attached hydrogen (secondary N) is 1. The van der Waals surface area contributed by atoms with Gasteiger partial charge in [-0.05, 0) is 19.9 Å². The van der Waals surface area contributed by atoms with Gasteiger partial charge in [-0.3, -0.25) is 4.79 Å². The van der Waals surface area contributed by atoms with Gasteiger partial charge in [0.1, 0.15) is 0 Å². The van der Waals surface area contributed by atoms with Crippen molar-refractivity contribution in [3.05, 3.63) is 72.4 Å². The van der Waals surface area contributed by atoms with Gasteiger partial charge in [0.15, 0.2) is 5.78 Å². The maximum absolute atomic E-state index is 11.2. The van der Waals surface area contributed by atoms with Crippen molar-refractivity contribution < 1.29 is 4.79 Å². The number of hydrogen-bond donors (Lipinski definition) is 1. The lowest BCUT2D eigenvalue weighted by Crippen LogP contribution is -2.22. The van der Waals surface area contributed by atoms with E-state index >= 15 is 0 Å². The van der Waals surface area contributed by atoms with Crippen molar-refractivity contribution in [1.82, 2.24) is 5.09 Å². The third-order valence-corrected chi connectivity index (χ3v) is 4.94. The summed E-state index contributed by atoms with van der Waals surface area (Å²) in [5, 5.41) is 5.97. The topological polar surface area (TPSA) is 29.1 Å². The van der Waals surface area contributed by atoms with Gasteiger partial charge in [-0.1, -0.05) is 60.7 Å². The molecule has 1 N–H and O–H groups in total. The normalized spacial score (nSPS) is 11.4. The summed E-state index contributed by atoms with van der Waals surface area (Å²) >= 11 is 0. The monoisotopic (exact) mass is 283 g/mol. The minimum atomic E-state index is -0.691. The second-order valence-electron chi connectivity index (χ2n) is 4.56. The number of rotatable bonds is 5. The predicted octanol–water partition coefficient (Wildman–Crippen LogP) is 3.12. The van der Waals surface area contributed by atoms with E-state index in [1.54, 1.807) is 13.0 Å². The molecule has 0 aliphatic carbocycles. The molecule has 2 aromatic rings. The Bertz CT molecular complexity index is 553. The first-order chi connectivity index (χ1) is 9.66. The van der Waals surface area contributed by atoms with E-state index in [0.29, 0.717) is 0 Å². The van der Waals surface area contributed by atoms with E-state index in [0.717, 1.165) is 5.70 Å². The molecule has 0 aromatic heterocycles. The van der Waals surface area contributed by atoms with Crippen LogP contribution in [0.25, 0.3) is 0 Å². The number of ketones is 1. The molecular weight excluding hydrogens is 265 g/mol. The molecule has 3 heteroatoms. The van der Waals surface area contributed by atoms with Crippen LogP contribution < -0.4 is 15.7 Å². The van der Waals surface area contributed by atoms with E-state index in [1.807, 2.05) is 43.3 Å². The van der Waals surface area contributed by atoms with Gasteiger partial charge in [-0.25, -0.2) is 0 Å². The molecule has 0 bridgehead atoms. The molecule has 2 aromatic carbocycles. The van der Waals surface area contributed by atoms with Crippen LogP contribution in [-0.4, -0.2) is 5.78 Å². The zero-order valence-electron chi connectivity index (χ0n) is 11.7. The first kappa shape index (κ1) is 14.5. The molecule has 0 atom stereocenters. The molecule has 0 amide bonds. The number of allylic oxidation sites excluding steroid dienone is 2. The summed E-state index contributed by atoms with van der Waals surface area (Å²) in [7, 11) is -0.691. The van der Waals surface area contributed by atoms with Crippen LogP contribution in [0.3, 0.4) is 0 Å². The number of hydrogen-bond acceptors (Lipinski definition) is 2. The highest BCUT2D eigenvalue weighted by atomic mass is 31.1. The molecule has 0 spiro atoms. The average molecular weight is 283 g/mol. The highest BCUT2D eigenvalue weighted by Gasteiger charge is 2.13. The Hall–Kier alpha value is -1.92. The SMILES string of the molecule is CC(=O)/C=C(/C)NP(c1ccccc1)c1ccccc1. The maximum Gasteiger partial charge on any atom is 0.154 e. The van der Waals surface area contributed by atoms with Crippen LogP contribution in [0.4, 0.5) is 0 Å². The van der Waals surface area contributed by atoms with Crippen molar-refractivity contribution in [2.45, 2.75) is 13.8 Å². The van der Waals surface area contributed by atoms with Gasteiger partial charge < -0.3 is 5.09 Å². The first-order valence-electron chi connectivity index (χ1n) is 6.52. The smallest absolute Gasteiger partial charge is 0.154 e. The van der Waals surface area contributed by atoms with Gasteiger partial charge in [-0.15, -0.1) is 0 Å². The predicted molar refractivity (Wildman–Crippen MR) is 86.6 cm³/mol. The summed E-state index contributed by atoms with van der Waals surface area (Å²) in [6.07, 6.45) is 1.64. The van der Waals surface area contributed by atoms with E-state index in [1.165, 1.54) is 10.6 Å². The van der Waals surface area contributed by atoms with Crippen molar-refractivity contribution in [3.63, 3.8) is 0 Å². The van der Waals surface area contributed by atoms with Crippen LogP contribution in [0.2, 0.25) is 0 Å². The zero-order chi connectivity index (χ0) is 14.4. The molecular formula is C17H18NOP. The van der Waals surface area contributed by atoms with Crippen LogP contribution in [0, 0.1) is 0 Å². The van der Waals surface area contributed by atoms with Crippen molar-refractivity contribution in [3.8, 4) is 0 Å². The van der Waals surface area contributed by atoms with E-state index in [-0.39, 0.29) is 5.78 Å². The summed E-state index contributed by atoms with van der Waals surface area (Å²) in [5.74, 6) is 0.0612. The van der Waals surface area contributed by atoms with Crippen LogP contribution in [0.1, 0.15) is 13.8 Å². The summed E-state index contributed by atoms with van der Waals surface area (Å²) in [5.41, 5.74) is 0.899. The Morgan fingerprint density at radius 3 is 1.75 bits per heavy atom. The van der Waals surface area contributed by atoms with Crippen LogP contribution in [0.15, 0.2) is 72.4 Å². The van der Waals surface area contributed by atoms with Crippen molar-refractivity contribution in [2.75, 3.05) is 0 Å². The third kappa shape index (κ3) is 4.04. The molecule has 20 heavy (non-hydrogen) atoms. The van der Waals surface area contributed by atoms with Gasteiger partial charge in [0.05, 0.1) is 8.07 Å². The fraction of sp³-hybridized carbons (Fsp3) is 0.118. The standard InChI is InChI=1S/C17H18NOP/c1-14(13-15(2)19)18-20(16-9-5-3-6-10-16)17-11-7-4-8-12-17/h3-13,18H,1-2H3/b14-13-. The van der Waals surface area contributed by atoms with Crippen LogP contribution in [-0.2, 0) is 4.79 Å². The molecule has 0 heterocycles. The Balaban J connectivity index is 2.33.